The van der Waals surface area contributed by atoms with Gasteiger partial charge in [0.1, 0.15) is 5.65 Å². The Bertz CT molecular complexity index is 832. The molecular weight excluding hydrogens is 362 g/mol. The number of hydrogen-bond acceptors (Lipinski definition) is 3. The molecule has 4 rings (SSSR count). The minimum absolute atomic E-state index is 0.0574. The molecule has 1 aliphatic carbocycles. The molecule has 0 radical (unpaired) electrons. The van der Waals surface area contributed by atoms with E-state index < -0.39 is 0 Å². The van der Waals surface area contributed by atoms with Crippen molar-refractivity contribution in [2.24, 2.45) is 5.41 Å². The maximum absolute atomic E-state index is 13.2. The van der Waals surface area contributed by atoms with Crippen LogP contribution in [0.25, 0.3) is 11.0 Å². The molecule has 3 unspecified atom stereocenters. The van der Waals surface area contributed by atoms with Crippen molar-refractivity contribution in [2.75, 3.05) is 13.2 Å². The van der Waals surface area contributed by atoms with E-state index in [1.54, 1.807) is 12.3 Å². The van der Waals surface area contributed by atoms with E-state index in [0.717, 1.165) is 61.7 Å². The second-order valence-corrected chi connectivity index (χ2v) is 8.75. The number of aliphatic hydroxyl groups excluding tert-OH is 1. The number of nitrogens with one attached hydrogen (secondary N) is 1. The van der Waals surface area contributed by atoms with Crippen molar-refractivity contribution in [1.82, 2.24) is 14.9 Å². The van der Waals surface area contributed by atoms with Gasteiger partial charge < -0.3 is 15.0 Å². The molecule has 2 fully saturated rings. The first-order valence-electron chi connectivity index (χ1n) is 10.1. The number of aromatic amines is 1. The van der Waals surface area contributed by atoms with Crippen LogP contribution in [0.5, 0.6) is 0 Å². The molecular formula is C21H28ClN3O2. The van der Waals surface area contributed by atoms with Gasteiger partial charge in [0, 0.05) is 42.2 Å². The van der Waals surface area contributed by atoms with E-state index in [2.05, 4.69) is 21.8 Å². The summed E-state index contributed by atoms with van der Waals surface area (Å²) in [4.78, 5) is 22.8. The van der Waals surface area contributed by atoms with E-state index in [1.807, 2.05) is 6.20 Å². The minimum atomic E-state index is -0.0800. The normalized spacial score (nSPS) is 26.8. The molecule has 3 atom stereocenters. The summed E-state index contributed by atoms with van der Waals surface area (Å²) in [6.07, 6.45) is 10.5. The van der Waals surface area contributed by atoms with E-state index in [9.17, 15) is 9.90 Å². The highest BCUT2D eigenvalue weighted by molar-refractivity contribution is 6.35. The van der Waals surface area contributed by atoms with Crippen LogP contribution in [0, 0.1) is 5.41 Å². The molecule has 1 aliphatic heterocycles. The van der Waals surface area contributed by atoms with Crippen LogP contribution in [0.3, 0.4) is 0 Å². The molecule has 2 aliphatic rings. The summed E-state index contributed by atoms with van der Waals surface area (Å²) in [6, 6.07) is 1.98. The first kappa shape index (κ1) is 18.8. The van der Waals surface area contributed by atoms with Crippen molar-refractivity contribution < 1.29 is 9.90 Å². The summed E-state index contributed by atoms with van der Waals surface area (Å²) < 4.78 is 0. The average Bonchev–Trinajstić information content (AvgIpc) is 3.13. The van der Waals surface area contributed by atoms with Gasteiger partial charge >= 0.3 is 0 Å². The average molecular weight is 390 g/mol. The predicted molar refractivity (Wildman–Crippen MR) is 107 cm³/mol. The number of H-pyrrole nitrogens is 1. The van der Waals surface area contributed by atoms with Crippen molar-refractivity contribution in [3.63, 3.8) is 0 Å². The van der Waals surface area contributed by atoms with Gasteiger partial charge in [-0.1, -0.05) is 31.4 Å². The zero-order chi connectivity index (χ0) is 19.0. The van der Waals surface area contributed by atoms with Crippen molar-refractivity contribution in [3.8, 4) is 0 Å². The number of pyridine rings is 1. The lowest BCUT2D eigenvalue weighted by Gasteiger charge is -2.52. The number of piperidine rings is 1. The Morgan fingerprint density at radius 2 is 2.26 bits per heavy atom. The summed E-state index contributed by atoms with van der Waals surface area (Å²) in [5.41, 5.74) is 1.73. The Balaban J connectivity index is 1.54. The third-order valence-corrected chi connectivity index (χ3v) is 7.07. The van der Waals surface area contributed by atoms with E-state index >= 15 is 0 Å². The van der Waals surface area contributed by atoms with Crippen LogP contribution in [-0.2, 0) is 4.79 Å². The fraction of sp³-hybridized carbons (Fsp3) is 0.619. The number of carbonyl (C=O) groups excluding carboxylic acids is 1. The van der Waals surface area contributed by atoms with Crippen molar-refractivity contribution in [3.05, 3.63) is 29.0 Å². The van der Waals surface area contributed by atoms with Crippen LogP contribution in [0.4, 0.5) is 0 Å². The number of amides is 1. The van der Waals surface area contributed by atoms with E-state index in [1.165, 1.54) is 0 Å². The molecule has 5 nitrogen and oxygen atoms in total. The zero-order valence-corrected chi connectivity index (χ0v) is 16.6. The molecule has 1 saturated heterocycles. The van der Waals surface area contributed by atoms with Gasteiger partial charge in [-0.25, -0.2) is 4.98 Å². The fourth-order valence-electron chi connectivity index (χ4n) is 5.30. The smallest absolute Gasteiger partial charge is 0.223 e. The standard InChI is InChI=1S/C21H28ClN3O2/c1-14(15-12-24-20-19(15)16(22)6-9-23-20)11-18(27)25-10-4-8-21(13-26)7-3-2-5-17(21)25/h6,9,12,14,17,26H,2-5,7-8,10-11,13H2,1H3,(H,23,24). The van der Waals surface area contributed by atoms with Crippen LogP contribution < -0.4 is 0 Å². The number of hydrogen-bond donors (Lipinski definition) is 2. The van der Waals surface area contributed by atoms with E-state index in [0.29, 0.717) is 11.4 Å². The van der Waals surface area contributed by atoms with Gasteiger partial charge in [0.2, 0.25) is 5.91 Å². The number of nitrogens with zero attached hydrogens (tertiary/aromatic N) is 2. The van der Waals surface area contributed by atoms with Crippen molar-refractivity contribution in [2.45, 2.75) is 63.8 Å². The third-order valence-electron chi connectivity index (χ3n) is 6.76. The monoisotopic (exact) mass is 389 g/mol. The van der Waals surface area contributed by atoms with Gasteiger partial charge in [0.05, 0.1) is 11.6 Å². The SMILES string of the molecule is CC(CC(=O)N1CCCC2(CO)CCCCC12)c1c[nH]c2nccc(Cl)c12. The lowest BCUT2D eigenvalue weighted by molar-refractivity contribution is -0.144. The number of halogens is 1. The largest absolute Gasteiger partial charge is 0.396 e. The molecule has 2 N–H and O–H groups in total. The van der Waals surface area contributed by atoms with Crippen LogP contribution in [0.1, 0.15) is 63.4 Å². The molecule has 0 bridgehead atoms. The topological polar surface area (TPSA) is 69.2 Å². The quantitative estimate of drug-likeness (QED) is 0.821. The second kappa shape index (κ2) is 7.44. The van der Waals surface area contributed by atoms with Gasteiger partial charge in [-0.2, -0.15) is 0 Å². The Morgan fingerprint density at radius 1 is 1.44 bits per heavy atom. The summed E-state index contributed by atoms with van der Waals surface area (Å²) in [6.45, 7) is 3.09. The first-order valence-corrected chi connectivity index (χ1v) is 10.5. The molecule has 2 aromatic heterocycles. The first-order chi connectivity index (χ1) is 13.1. The molecule has 2 aromatic rings. The molecule has 1 amide bonds. The summed E-state index contributed by atoms with van der Waals surface area (Å²) in [7, 11) is 0. The lowest BCUT2D eigenvalue weighted by Crippen LogP contribution is -2.57. The maximum atomic E-state index is 13.2. The minimum Gasteiger partial charge on any atom is -0.396 e. The highest BCUT2D eigenvalue weighted by Gasteiger charge is 2.46. The molecule has 146 valence electrons. The van der Waals surface area contributed by atoms with Crippen LogP contribution >= 0.6 is 11.6 Å². The molecule has 0 aromatic carbocycles. The van der Waals surface area contributed by atoms with Gasteiger partial charge in [0.15, 0.2) is 0 Å². The molecule has 3 heterocycles. The van der Waals surface area contributed by atoms with Gasteiger partial charge in [-0.05, 0) is 43.2 Å². The Kier molecular flexibility index (Phi) is 5.17. The number of carbonyl (C=O) groups is 1. The number of aromatic nitrogens is 2. The van der Waals surface area contributed by atoms with Gasteiger partial charge in [-0.15, -0.1) is 0 Å². The highest BCUT2D eigenvalue weighted by atomic mass is 35.5. The molecule has 27 heavy (non-hydrogen) atoms. The van der Waals surface area contributed by atoms with E-state index in [-0.39, 0.29) is 29.9 Å². The highest BCUT2D eigenvalue weighted by Crippen LogP contribution is 2.46. The van der Waals surface area contributed by atoms with Crippen LogP contribution in [-0.4, -0.2) is 45.1 Å². The van der Waals surface area contributed by atoms with E-state index in [4.69, 9.17) is 11.6 Å². The second-order valence-electron chi connectivity index (χ2n) is 8.34. The number of likely N-dealkylation sites (tertiary alicyclic amines) is 1. The van der Waals surface area contributed by atoms with Crippen molar-refractivity contribution in [1.29, 1.82) is 0 Å². The van der Waals surface area contributed by atoms with Crippen LogP contribution in [0.15, 0.2) is 18.5 Å². The number of rotatable bonds is 4. The molecule has 6 heteroatoms. The van der Waals surface area contributed by atoms with Gasteiger partial charge in [-0.3, -0.25) is 4.79 Å². The molecule has 0 spiro atoms. The Hall–Kier alpha value is -1.59. The molecule has 1 saturated carbocycles. The third kappa shape index (κ3) is 3.25. The summed E-state index contributed by atoms with van der Waals surface area (Å²) >= 11 is 6.38. The Morgan fingerprint density at radius 3 is 3.07 bits per heavy atom. The lowest BCUT2D eigenvalue weighted by atomic mass is 9.65. The van der Waals surface area contributed by atoms with Crippen molar-refractivity contribution >= 4 is 28.5 Å². The summed E-state index contributed by atoms with van der Waals surface area (Å²) in [5, 5.41) is 11.7. The predicted octanol–water partition coefficient (Wildman–Crippen LogP) is 4.25. The fourth-order valence-corrected chi connectivity index (χ4v) is 5.56. The zero-order valence-electron chi connectivity index (χ0n) is 15.9. The summed E-state index contributed by atoms with van der Waals surface area (Å²) in [5.74, 6) is 0.253. The number of aliphatic hydroxyl groups is 1. The number of fused-ring (bicyclic) bond motifs is 2. The Labute approximate surface area is 165 Å². The van der Waals surface area contributed by atoms with Crippen LogP contribution in [0.2, 0.25) is 5.02 Å². The van der Waals surface area contributed by atoms with Gasteiger partial charge in [0.25, 0.3) is 0 Å². The maximum Gasteiger partial charge on any atom is 0.223 e.